The number of hydrogen-bond donors (Lipinski definition) is 2. The van der Waals surface area contributed by atoms with Gasteiger partial charge in [0.05, 0.1) is 12.6 Å². The lowest BCUT2D eigenvalue weighted by molar-refractivity contribution is -0.167. The minimum atomic E-state index is -4.99. The van der Waals surface area contributed by atoms with E-state index in [1.54, 1.807) is 37.4 Å². The number of carbonyl (C=O) groups is 1. The molecular formula is C24H23F3N2O2. The number of rotatable bonds is 7. The molecule has 0 heterocycles. The lowest BCUT2D eigenvalue weighted by Gasteiger charge is -2.37. The molecule has 0 saturated carbocycles. The van der Waals surface area contributed by atoms with E-state index in [0.717, 1.165) is 11.3 Å². The lowest BCUT2D eigenvalue weighted by Crippen LogP contribution is -2.38. The molecule has 3 aromatic carbocycles. The van der Waals surface area contributed by atoms with Crippen LogP contribution in [0.4, 0.5) is 24.5 Å². The van der Waals surface area contributed by atoms with Gasteiger partial charge in [-0.1, -0.05) is 55.5 Å². The van der Waals surface area contributed by atoms with E-state index in [9.17, 15) is 18.0 Å². The van der Waals surface area contributed by atoms with Gasteiger partial charge in [-0.25, -0.2) is 0 Å². The second-order valence-electron chi connectivity index (χ2n) is 6.98. The van der Waals surface area contributed by atoms with Crippen LogP contribution in [0.3, 0.4) is 0 Å². The number of anilines is 2. The SMILES string of the molecule is CC[C@@](Nc1ccc(OC)cc1)(c1ccccc1)c1ccccc1NC(=O)C(F)(F)F. The van der Waals surface area contributed by atoms with Gasteiger partial charge in [0.2, 0.25) is 0 Å². The van der Waals surface area contributed by atoms with Gasteiger partial charge in [0.15, 0.2) is 0 Å². The number of alkyl halides is 3. The van der Waals surface area contributed by atoms with Gasteiger partial charge in [-0.2, -0.15) is 13.2 Å². The first-order chi connectivity index (χ1) is 14.8. The van der Waals surface area contributed by atoms with Gasteiger partial charge in [-0.15, -0.1) is 0 Å². The molecule has 162 valence electrons. The van der Waals surface area contributed by atoms with E-state index in [0.29, 0.717) is 17.7 Å². The van der Waals surface area contributed by atoms with Gasteiger partial charge < -0.3 is 15.4 Å². The highest BCUT2D eigenvalue weighted by Crippen LogP contribution is 2.41. The molecule has 0 saturated heterocycles. The summed E-state index contributed by atoms with van der Waals surface area (Å²) >= 11 is 0. The van der Waals surface area contributed by atoms with Crippen LogP contribution >= 0.6 is 0 Å². The van der Waals surface area contributed by atoms with E-state index in [-0.39, 0.29) is 5.69 Å². The van der Waals surface area contributed by atoms with E-state index < -0.39 is 17.6 Å². The number of carbonyl (C=O) groups excluding carboxylic acids is 1. The highest BCUT2D eigenvalue weighted by Gasteiger charge is 2.41. The molecule has 0 aliphatic carbocycles. The third kappa shape index (κ3) is 4.82. The Morgan fingerprint density at radius 1 is 0.903 bits per heavy atom. The molecule has 0 radical (unpaired) electrons. The molecule has 4 nitrogen and oxygen atoms in total. The van der Waals surface area contributed by atoms with Crippen molar-refractivity contribution in [3.05, 3.63) is 90.0 Å². The summed E-state index contributed by atoms with van der Waals surface area (Å²) in [6, 6.07) is 23.2. The molecule has 3 rings (SSSR count). The highest BCUT2D eigenvalue weighted by atomic mass is 19.4. The zero-order chi connectivity index (χ0) is 22.5. The van der Waals surface area contributed by atoms with Crippen LogP contribution < -0.4 is 15.4 Å². The van der Waals surface area contributed by atoms with Gasteiger partial charge in [-0.05, 0) is 42.3 Å². The Hall–Kier alpha value is -3.48. The smallest absolute Gasteiger partial charge is 0.471 e. The van der Waals surface area contributed by atoms with Crippen LogP contribution in [-0.2, 0) is 10.3 Å². The molecule has 0 aliphatic rings. The minimum Gasteiger partial charge on any atom is -0.497 e. The second-order valence-corrected chi connectivity index (χ2v) is 6.98. The summed E-state index contributed by atoms with van der Waals surface area (Å²) in [5.74, 6) is -1.33. The zero-order valence-electron chi connectivity index (χ0n) is 17.2. The van der Waals surface area contributed by atoms with Crippen LogP contribution in [0.5, 0.6) is 5.75 Å². The normalized spacial score (nSPS) is 13.2. The number of para-hydroxylation sites is 1. The van der Waals surface area contributed by atoms with Gasteiger partial charge in [-0.3, -0.25) is 4.79 Å². The minimum absolute atomic E-state index is 0.0940. The second kappa shape index (κ2) is 9.12. The Labute approximate surface area is 179 Å². The first kappa shape index (κ1) is 22.2. The summed E-state index contributed by atoms with van der Waals surface area (Å²) < 4.78 is 44.0. The van der Waals surface area contributed by atoms with Crippen molar-refractivity contribution in [1.29, 1.82) is 0 Å². The molecule has 31 heavy (non-hydrogen) atoms. The van der Waals surface area contributed by atoms with Crippen molar-refractivity contribution in [2.24, 2.45) is 0 Å². The maximum atomic E-state index is 12.9. The number of benzene rings is 3. The van der Waals surface area contributed by atoms with Crippen LogP contribution in [0, 0.1) is 0 Å². The third-order valence-corrected chi connectivity index (χ3v) is 5.14. The Balaban J connectivity index is 2.14. The van der Waals surface area contributed by atoms with Crippen LogP contribution in [0.25, 0.3) is 0 Å². The average molecular weight is 428 g/mol. The van der Waals surface area contributed by atoms with E-state index in [4.69, 9.17) is 4.74 Å². The van der Waals surface area contributed by atoms with Crippen LogP contribution in [0.2, 0.25) is 0 Å². The number of amides is 1. The number of nitrogens with one attached hydrogen (secondary N) is 2. The van der Waals surface area contributed by atoms with Crippen LogP contribution in [-0.4, -0.2) is 19.2 Å². The van der Waals surface area contributed by atoms with Crippen molar-refractivity contribution in [3.8, 4) is 5.75 Å². The average Bonchev–Trinajstić information content (AvgIpc) is 2.78. The van der Waals surface area contributed by atoms with Crippen molar-refractivity contribution >= 4 is 17.3 Å². The summed E-state index contributed by atoms with van der Waals surface area (Å²) in [6.07, 6.45) is -4.49. The molecular weight excluding hydrogens is 405 g/mol. The third-order valence-electron chi connectivity index (χ3n) is 5.14. The van der Waals surface area contributed by atoms with Gasteiger partial charge in [0, 0.05) is 16.9 Å². The number of halogens is 3. The topological polar surface area (TPSA) is 50.4 Å². The molecule has 0 unspecified atom stereocenters. The molecule has 0 bridgehead atoms. The number of methoxy groups -OCH3 is 1. The first-order valence-electron chi connectivity index (χ1n) is 9.75. The summed E-state index contributed by atoms with van der Waals surface area (Å²) in [4.78, 5) is 11.7. The van der Waals surface area contributed by atoms with Crippen molar-refractivity contribution in [2.45, 2.75) is 25.1 Å². The number of ether oxygens (including phenoxy) is 1. The Kier molecular flexibility index (Phi) is 6.53. The maximum absolute atomic E-state index is 12.9. The fourth-order valence-electron chi connectivity index (χ4n) is 3.58. The molecule has 0 aliphatic heterocycles. The van der Waals surface area contributed by atoms with Crippen molar-refractivity contribution in [3.63, 3.8) is 0 Å². The van der Waals surface area contributed by atoms with Gasteiger partial charge in [0.1, 0.15) is 5.75 Å². The molecule has 0 aromatic heterocycles. The predicted octanol–water partition coefficient (Wildman–Crippen LogP) is 5.96. The fraction of sp³-hybridized carbons (Fsp3) is 0.208. The predicted molar refractivity (Wildman–Crippen MR) is 115 cm³/mol. The van der Waals surface area contributed by atoms with Crippen molar-refractivity contribution < 1.29 is 22.7 Å². The van der Waals surface area contributed by atoms with E-state index >= 15 is 0 Å². The molecule has 2 N–H and O–H groups in total. The fourth-order valence-corrected chi connectivity index (χ4v) is 3.58. The Morgan fingerprint density at radius 2 is 1.52 bits per heavy atom. The monoisotopic (exact) mass is 428 g/mol. The molecule has 1 atom stereocenters. The largest absolute Gasteiger partial charge is 0.497 e. The summed E-state index contributed by atoms with van der Waals surface area (Å²) in [5.41, 5.74) is 1.32. The summed E-state index contributed by atoms with van der Waals surface area (Å²) in [5, 5.41) is 5.53. The molecule has 0 fully saturated rings. The number of hydrogen-bond acceptors (Lipinski definition) is 3. The van der Waals surface area contributed by atoms with Crippen molar-refractivity contribution in [1.82, 2.24) is 0 Å². The summed E-state index contributed by atoms with van der Waals surface area (Å²) in [7, 11) is 1.57. The van der Waals surface area contributed by atoms with Gasteiger partial charge in [0.25, 0.3) is 0 Å². The van der Waals surface area contributed by atoms with Crippen LogP contribution in [0.1, 0.15) is 24.5 Å². The zero-order valence-corrected chi connectivity index (χ0v) is 17.2. The van der Waals surface area contributed by atoms with Gasteiger partial charge >= 0.3 is 12.1 Å². The maximum Gasteiger partial charge on any atom is 0.471 e. The molecule has 0 spiro atoms. The summed E-state index contributed by atoms with van der Waals surface area (Å²) in [6.45, 7) is 1.94. The Bertz CT molecular complexity index is 1020. The van der Waals surface area contributed by atoms with Crippen molar-refractivity contribution in [2.75, 3.05) is 17.7 Å². The standard InChI is InChI=1S/C24H23F3N2O2/c1-3-23(17-9-5-4-6-10-17,29-18-13-15-19(31-2)16-14-18)20-11-7-8-12-21(20)28-22(30)24(25,26)27/h4-16,29H,3H2,1-2H3,(H,28,30)/t23-/m1/s1. The quantitative estimate of drug-likeness (QED) is 0.488. The molecule has 1 amide bonds. The van der Waals surface area contributed by atoms with E-state index in [1.165, 1.54) is 6.07 Å². The Morgan fingerprint density at radius 3 is 2.10 bits per heavy atom. The molecule has 7 heteroatoms. The van der Waals surface area contributed by atoms with E-state index in [1.807, 2.05) is 54.7 Å². The highest BCUT2D eigenvalue weighted by molar-refractivity contribution is 5.96. The lowest BCUT2D eigenvalue weighted by atomic mass is 9.79. The molecule has 3 aromatic rings. The van der Waals surface area contributed by atoms with E-state index in [2.05, 4.69) is 5.32 Å². The first-order valence-corrected chi connectivity index (χ1v) is 9.75. The van der Waals surface area contributed by atoms with Crippen LogP contribution in [0.15, 0.2) is 78.9 Å².